The lowest BCUT2D eigenvalue weighted by Gasteiger charge is -2.35. The predicted molar refractivity (Wildman–Crippen MR) is 94.3 cm³/mol. The smallest absolute Gasteiger partial charge is 0.328 e. The third-order valence-electron chi connectivity index (χ3n) is 5.25. The molecule has 0 bridgehead atoms. The molecule has 7 nitrogen and oxygen atoms in total. The van der Waals surface area contributed by atoms with E-state index in [0.29, 0.717) is 23.8 Å². The summed E-state index contributed by atoms with van der Waals surface area (Å²) in [5.74, 6) is 0. The fourth-order valence-electron chi connectivity index (χ4n) is 3.84. The van der Waals surface area contributed by atoms with Crippen LogP contribution in [0.3, 0.4) is 0 Å². The molecule has 0 radical (unpaired) electrons. The van der Waals surface area contributed by atoms with Crippen LogP contribution in [0.1, 0.15) is 39.0 Å². The fourth-order valence-corrected chi connectivity index (χ4v) is 3.84. The van der Waals surface area contributed by atoms with E-state index in [2.05, 4.69) is 16.8 Å². The quantitative estimate of drug-likeness (QED) is 0.821. The molecule has 3 heterocycles. The second-order valence-electron chi connectivity index (χ2n) is 6.77. The van der Waals surface area contributed by atoms with E-state index in [0.717, 1.165) is 19.5 Å². The van der Waals surface area contributed by atoms with Crippen molar-refractivity contribution >= 4 is 11.2 Å². The van der Waals surface area contributed by atoms with E-state index in [1.807, 2.05) is 0 Å². The van der Waals surface area contributed by atoms with E-state index < -0.39 is 0 Å². The fraction of sp³-hybridized carbons (Fsp3) is 0.706. The van der Waals surface area contributed by atoms with Crippen LogP contribution in [0, 0.1) is 0 Å². The van der Waals surface area contributed by atoms with Gasteiger partial charge in [0.1, 0.15) is 0 Å². The van der Waals surface area contributed by atoms with Crippen molar-refractivity contribution in [3.05, 3.63) is 27.2 Å². The van der Waals surface area contributed by atoms with Gasteiger partial charge in [-0.25, -0.2) is 9.78 Å². The summed E-state index contributed by atoms with van der Waals surface area (Å²) in [6, 6.07) is 0.651. The summed E-state index contributed by atoms with van der Waals surface area (Å²) in [6.45, 7) is 4.77. The Bertz CT molecular complexity index is 832. The summed E-state index contributed by atoms with van der Waals surface area (Å²) >= 11 is 0. The second-order valence-corrected chi connectivity index (χ2v) is 6.77. The van der Waals surface area contributed by atoms with E-state index in [1.54, 1.807) is 25.0 Å². The highest BCUT2D eigenvalue weighted by atomic mass is 16.2. The number of nitrogens with zero attached hydrogens (tertiary/aromatic N) is 5. The molecule has 0 amide bonds. The first-order valence-corrected chi connectivity index (χ1v) is 8.89. The molecule has 132 valence electrons. The van der Waals surface area contributed by atoms with Gasteiger partial charge in [-0.15, -0.1) is 0 Å². The Morgan fingerprint density at radius 3 is 2.75 bits per heavy atom. The zero-order chi connectivity index (χ0) is 17.3. The van der Waals surface area contributed by atoms with Crippen molar-refractivity contribution in [3.8, 4) is 0 Å². The SMILES string of the molecule is CC[C@@H]1CCCCN1CCCn1c(=O)c2c(ncn2C)n(C)c1=O. The molecule has 1 fully saturated rings. The Morgan fingerprint density at radius 2 is 2.00 bits per heavy atom. The highest BCUT2D eigenvalue weighted by Crippen LogP contribution is 2.19. The van der Waals surface area contributed by atoms with Gasteiger partial charge in [0, 0.05) is 33.2 Å². The first-order valence-electron chi connectivity index (χ1n) is 8.89. The summed E-state index contributed by atoms with van der Waals surface area (Å²) < 4.78 is 4.51. The van der Waals surface area contributed by atoms with E-state index >= 15 is 0 Å². The Kier molecular flexibility index (Phi) is 4.89. The van der Waals surface area contributed by atoms with Crippen molar-refractivity contribution in [2.24, 2.45) is 14.1 Å². The number of aromatic nitrogens is 4. The predicted octanol–water partition coefficient (Wildman–Crippen LogP) is 1.09. The molecule has 0 spiro atoms. The lowest BCUT2D eigenvalue weighted by atomic mass is 10.00. The normalized spacial score (nSPS) is 19.2. The molecule has 1 aliphatic rings. The minimum Gasteiger partial charge on any atom is -0.328 e. The summed E-state index contributed by atoms with van der Waals surface area (Å²) in [5, 5.41) is 0. The maximum Gasteiger partial charge on any atom is 0.332 e. The highest BCUT2D eigenvalue weighted by molar-refractivity contribution is 5.69. The van der Waals surface area contributed by atoms with E-state index in [1.165, 1.54) is 34.8 Å². The second kappa shape index (κ2) is 6.93. The molecule has 1 atom stereocenters. The van der Waals surface area contributed by atoms with Gasteiger partial charge in [-0.1, -0.05) is 13.3 Å². The van der Waals surface area contributed by atoms with Crippen molar-refractivity contribution < 1.29 is 0 Å². The number of hydrogen-bond donors (Lipinski definition) is 0. The molecule has 0 unspecified atom stereocenters. The standard InChI is InChI=1S/C17H27N5O2/c1-4-13-8-5-6-9-21(13)10-7-11-22-16(23)14-15(18-12-19(14)2)20(3)17(22)24/h12-13H,4-11H2,1-3H3/t13-/m1/s1. The minimum atomic E-state index is -0.281. The number of hydrogen-bond acceptors (Lipinski definition) is 4. The van der Waals surface area contributed by atoms with Crippen molar-refractivity contribution in [2.75, 3.05) is 13.1 Å². The molecular weight excluding hydrogens is 306 g/mol. The number of rotatable bonds is 5. The van der Waals surface area contributed by atoms with Crippen LogP contribution in [-0.2, 0) is 20.6 Å². The third-order valence-corrected chi connectivity index (χ3v) is 5.25. The Labute approximate surface area is 141 Å². The molecule has 24 heavy (non-hydrogen) atoms. The third kappa shape index (κ3) is 2.92. The largest absolute Gasteiger partial charge is 0.332 e. The van der Waals surface area contributed by atoms with E-state index in [9.17, 15) is 9.59 Å². The van der Waals surface area contributed by atoms with Crippen LogP contribution in [0.2, 0.25) is 0 Å². The first-order chi connectivity index (χ1) is 11.5. The van der Waals surface area contributed by atoms with Crippen LogP contribution in [0.15, 0.2) is 15.9 Å². The molecule has 0 aromatic carbocycles. The molecule has 2 aromatic rings. The maximum absolute atomic E-state index is 12.7. The van der Waals surface area contributed by atoms with Crippen LogP contribution in [0.4, 0.5) is 0 Å². The minimum absolute atomic E-state index is 0.237. The molecule has 1 aliphatic heterocycles. The van der Waals surface area contributed by atoms with Crippen molar-refractivity contribution in [1.82, 2.24) is 23.6 Å². The van der Waals surface area contributed by atoms with Gasteiger partial charge in [0.15, 0.2) is 11.2 Å². The summed E-state index contributed by atoms with van der Waals surface area (Å²) in [5.41, 5.74) is 0.419. The zero-order valence-electron chi connectivity index (χ0n) is 14.9. The summed E-state index contributed by atoms with van der Waals surface area (Å²) in [6.07, 6.45) is 7.39. The Morgan fingerprint density at radius 1 is 1.21 bits per heavy atom. The molecule has 0 aliphatic carbocycles. The van der Waals surface area contributed by atoms with Gasteiger partial charge in [-0.05, 0) is 32.2 Å². The molecule has 0 N–H and O–H groups in total. The van der Waals surface area contributed by atoms with Crippen LogP contribution in [-0.4, -0.2) is 42.7 Å². The average molecular weight is 333 g/mol. The van der Waals surface area contributed by atoms with E-state index in [-0.39, 0.29) is 11.2 Å². The van der Waals surface area contributed by atoms with Gasteiger partial charge < -0.3 is 9.47 Å². The van der Waals surface area contributed by atoms with Gasteiger partial charge in [0.05, 0.1) is 6.33 Å². The van der Waals surface area contributed by atoms with E-state index in [4.69, 9.17) is 0 Å². The lowest BCUT2D eigenvalue weighted by molar-refractivity contribution is 0.140. The van der Waals surface area contributed by atoms with Crippen molar-refractivity contribution in [1.29, 1.82) is 0 Å². The molecule has 2 aromatic heterocycles. The summed E-state index contributed by atoms with van der Waals surface area (Å²) in [4.78, 5) is 31.8. The van der Waals surface area contributed by atoms with Gasteiger partial charge in [-0.2, -0.15) is 0 Å². The van der Waals surface area contributed by atoms with Gasteiger partial charge in [-0.3, -0.25) is 13.9 Å². The summed E-state index contributed by atoms with van der Waals surface area (Å²) in [7, 11) is 3.45. The van der Waals surface area contributed by atoms with Crippen LogP contribution in [0.5, 0.6) is 0 Å². The number of fused-ring (bicyclic) bond motifs is 1. The number of piperidine rings is 1. The first kappa shape index (κ1) is 17.0. The average Bonchev–Trinajstić information content (AvgIpc) is 2.98. The monoisotopic (exact) mass is 333 g/mol. The van der Waals surface area contributed by atoms with Crippen LogP contribution in [0.25, 0.3) is 11.2 Å². The van der Waals surface area contributed by atoms with Gasteiger partial charge in [0.2, 0.25) is 0 Å². The van der Waals surface area contributed by atoms with Crippen LogP contribution >= 0.6 is 0 Å². The molecular formula is C17H27N5O2. The molecule has 7 heteroatoms. The molecule has 1 saturated heterocycles. The highest BCUT2D eigenvalue weighted by Gasteiger charge is 2.20. The Balaban J connectivity index is 1.79. The van der Waals surface area contributed by atoms with Crippen molar-refractivity contribution in [3.63, 3.8) is 0 Å². The molecule has 0 saturated carbocycles. The number of aryl methyl sites for hydroxylation is 2. The maximum atomic E-state index is 12.7. The van der Waals surface area contributed by atoms with Crippen LogP contribution < -0.4 is 11.2 Å². The van der Waals surface area contributed by atoms with Crippen molar-refractivity contribution in [2.45, 2.75) is 51.6 Å². The lowest BCUT2D eigenvalue weighted by Crippen LogP contribution is -2.42. The van der Waals surface area contributed by atoms with Gasteiger partial charge in [0.25, 0.3) is 5.56 Å². The molecule has 3 rings (SSSR count). The number of imidazole rings is 1. The topological polar surface area (TPSA) is 65.1 Å². The number of likely N-dealkylation sites (tertiary alicyclic amines) is 1. The van der Waals surface area contributed by atoms with Gasteiger partial charge >= 0.3 is 5.69 Å². The Hall–Kier alpha value is -1.89. The zero-order valence-corrected chi connectivity index (χ0v) is 14.9.